The predicted octanol–water partition coefficient (Wildman–Crippen LogP) is 3.31. The van der Waals surface area contributed by atoms with E-state index in [4.69, 9.17) is 0 Å². The predicted molar refractivity (Wildman–Crippen MR) is 84.5 cm³/mol. The summed E-state index contributed by atoms with van der Waals surface area (Å²) in [4.78, 5) is 26.7. The number of nitrogens with one attached hydrogen (secondary N) is 1. The Morgan fingerprint density at radius 2 is 2.00 bits per heavy atom. The molecule has 0 aliphatic heterocycles. The van der Waals surface area contributed by atoms with E-state index >= 15 is 0 Å². The van der Waals surface area contributed by atoms with Crippen LogP contribution in [0.5, 0.6) is 0 Å². The Bertz CT molecular complexity index is 467. The summed E-state index contributed by atoms with van der Waals surface area (Å²) < 4.78 is 0. The second-order valence-electron chi connectivity index (χ2n) is 5.33. The number of hydrogen-bond donors (Lipinski definition) is 2. The lowest BCUT2D eigenvalue weighted by Crippen LogP contribution is -2.58. The lowest BCUT2D eigenvalue weighted by atomic mass is 9.93. The number of urea groups is 1. The molecule has 6 heteroatoms. The summed E-state index contributed by atoms with van der Waals surface area (Å²) in [7, 11) is 0. The Labute approximate surface area is 130 Å². The number of carbonyl (C=O) groups is 2. The second-order valence-corrected chi connectivity index (χ2v) is 6.36. The zero-order valence-electron chi connectivity index (χ0n) is 13.0. The summed E-state index contributed by atoms with van der Waals surface area (Å²) in [5.74, 6) is -0.985. The Kier molecular flexibility index (Phi) is 6.20. The third kappa shape index (κ3) is 4.20. The van der Waals surface area contributed by atoms with Gasteiger partial charge in [0.25, 0.3) is 0 Å². The highest BCUT2D eigenvalue weighted by Crippen LogP contribution is 2.19. The van der Waals surface area contributed by atoms with E-state index in [9.17, 15) is 14.7 Å². The van der Waals surface area contributed by atoms with Crippen molar-refractivity contribution in [3.63, 3.8) is 0 Å². The van der Waals surface area contributed by atoms with Gasteiger partial charge in [-0.25, -0.2) is 9.59 Å². The van der Waals surface area contributed by atoms with Crippen LogP contribution in [0.3, 0.4) is 0 Å². The number of carboxylic acids is 1. The van der Waals surface area contributed by atoms with Gasteiger partial charge >= 0.3 is 12.0 Å². The number of thiophene rings is 1. The molecule has 0 aliphatic carbocycles. The van der Waals surface area contributed by atoms with Crippen molar-refractivity contribution in [2.75, 3.05) is 0 Å². The van der Waals surface area contributed by atoms with Gasteiger partial charge in [0.2, 0.25) is 0 Å². The van der Waals surface area contributed by atoms with Crippen LogP contribution in [0.4, 0.5) is 4.79 Å². The minimum atomic E-state index is -1.19. The number of aliphatic carboxylic acids is 1. The number of carbonyl (C=O) groups excluding carboxylic acids is 1. The molecule has 0 saturated carbocycles. The Hall–Kier alpha value is -1.56. The molecule has 1 rings (SSSR count). The van der Waals surface area contributed by atoms with E-state index in [2.05, 4.69) is 5.32 Å². The van der Waals surface area contributed by atoms with Gasteiger partial charge in [-0.05, 0) is 38.1 Å². The topological polar surface area (TPSA) is 69.6 Å². The van der Waals surface area contributed by atoms with Gasteiger partial charge in [0.1, 0.15) is 5.54 Å². The number of nitrogens with zero attached hydrogens (tertiary/aromatic N) is 1. The van der Waals surface area contributed by atoms with E-state index in [1.165, 1.54) is 0 Å². The van der Waals surface area contributed by atoms with Crippen molar-refractivity contribution in [3.8, 4) is 0 Å². The van der Waals surface area contributed by atoms with Gasteiger partial charge in [-0.1, -0.05) is 19.9 Å². The molecule has 21 heavy (non-hydrogen) atoms. The molecule has 1 aromatic rings. The van der Waals surface area contributed by atoms with E-state index in [1.54, 1.807) is 30.1 Å². The van der Waals surface area contributed by atoms with Crippen molar-refractivity contribution in [2.45, 2.75) is 58.7 Å². The first-order valence-electron chi connectivity index (χ1n) is 7.20. The largest absolute Gasteiger partial charge is 0.480 e. The normalized spacial score (nSPS) is 11.5. The monoisotopic (exact) mass is 312 g/mol. The lowest BCUT2D eigenvalue weighted by molar-refractivity contribution is -0.144. The van der Waals surface area contributed by atoms with Gasteiger partial charge in [-0.15, -0.1) is 11.3 Å². The van der Waals surface area contributed by atoms with Gasteiger partial charge in [0, 0.05) is 10.9 Å². The molecule has 0 unspecified atom stereocenters. The van der Waals surface area contributed by atoms with E-state index in [0.29, 0.717) is 19.4 Å². The maximum Gasteiger partial charge on any atom is 0.329 e. The molecule has 118 valence electrons. The molecule has 0 spiro atoms. The van der Waals surface area contributed by atoms with Crippen LogP contribution in [0.1, 0.15) is 45.4 Å². The summed E-state index contributed by atoms with van der Waals surface area (Å²) in [6, 6.07) is 3.57. The smallest absolute Gasteiger partial charge is 0.329 e. The maximum atomic E-state index is 12.5. The molecule has 0 bridgehead atoms. The average Bonchev–Trinajstić information content (AvgIpc) is 2.94. The molecule has 1 heterocycles. The molecule has 2 amide bonds. The molecule has 0 aliphatic rings. The Morgan fingerprint density at radius 3 is 2.38 bits per heavy atom. The summed E-state index contributed by atoms with van der Waals surface area (Å²) in [6.07, 6.45) is 0.713. The molecule has 2 N–H and O–H groups in total. The molecular formula is C15H24N2O3S. The van der Waals surface area contributed by atoms with E-state index in [1.807, 2.05) is 31.4 Å². The Balaban J connectivity index is 2.88. The first-order chi connectivity index (χ1) is 9.86. The first-order valence-corrected chi connectivity index (χ1v) is 8.08. The number of amides is 2. The van der Waals surface area contributed by atoms with Crippen LogP contribution in [0.15, 0.2) is 17.5 Å². The summed E-state index contributed by atoms with van der Waals surface area (Å²) in [5.41, 5.74) is -1.19. The van der Waals surface area contributed by atoms with Gasteiger partial charge in [-0.3, -0.25) is 0 Å². The van der Waals surface area contributed by atoms with Crippen molar-refractivity contribution in [3.05, 3.63) is 22.4 Å². The SMILES string of the molecule is CCC(CC)(NC(=O)N(Cc1cccs1)C(C)C)C(=O)O. The van der Waals surface area contributed by atoms with E-state index in [0.717, 1.165) is 4.88 Å². The molecule has 0 aromatic carbocycles. The van der Waals surface area contributed by atoms with Crippen molar-refractivity contribution in [1.82, 2.24) is 10.2 Å². The molecule has 5 nitrogen and oxygen atoms in total. The minimum absolute atomic E-state index is 0.00712. The van der Waals surface area contributed by atoms with E-state index in [-0.39, 0.29) is 12.1 Å². The van der Waals surface area contributed by atoms with E-state index < -0.39 is 11.5 Å². The van der Waals surface area contributed by atoms with Crippen LogP contribution in [0, 0.1) is 0 Å². The minimum Gasteiger partial charge on any atom is -0.480 e. The maximum absolute atomic E-state index is 12.5. The van der Waals surface area contributed by atoms with Crippen LogP contribution in [-0.2, 0) is 11.3 Å². The zero-order valence-corrected chi connectivity index (χ0v) is 13.9. The fourth-order valence-electron chi connectivity index (χ4n) is 2.12. The van der Waals surface area contributed by atoms with Crippen molar-refractivity contribution >= 4 is 23.3 Å². The molecular weight excluding hydrogens is 288 g/mol. The summed E-state index contributed by atoms with van der Waals surface area (Å²) in [6.45, 7) is 7.89. The van der Waals surface area contributed by atoms with Crippen LogP contribution in [-0.4, -0.2) is 33.6 Å². The average molecular weight is 312 g/mol. The third-order valence-corrected chi connectivity index (χ3v) is 4.61. The highest BCUT2D eigenvalue weighted by molar-refractivity contribution is 7.09. The second kappa shape index (κ2) is 7.45. The molecule has 0 atom stereocenters. The molecule has 0 fully saturated rings. The van der Waals surface area contributed by atoms with Crippen molar-refractivity contribution in [1.29, 1.82) is 0 Å². The molecule has 1 aromatic heterocycles. The highest BCUT2D eigenvalue weighted by Gasteiger charge is 2.37. The van der Waals surface area contributed by atoms with Gasteiger partial charge in [0.15, 0.2) is 0 Å². The van der Waals surface area contributed by atoms with Gasteiger partial charge in [0.05, 0.1) is 6.54 Å². The van der Waals surface area contributed by atoms with Crippen LogP contribution < -0.4 is 5.32 Å². The van der Waals surface area contributed by atoms with Gasteiger partial charge < -0.3 is 15.3 Å². The molecule has 0 radical (unpaired) electrons. The zero-order chi connectivity index (χ0) is 16.0. The lowest BCUT2D eigenvalue weighted by Gasteiger charge is -2.33. The number of carboxylic acid groups (broad SMARTS) is 1. The Morgan fingerprint density at radius 1 is 1.38 bits per heavy atom. The summed E-state index contributed by atoms with van der Waals surface area (Å²) in [5, 5.41) is 14.1. The fourth-order valence-corrected chi connectivity index (χ4v) is 2.82. The first kappa shape index (κ1) is 17.5. The van der Waals surface area contributed by atoms with Crippen molar-refractivity contribution in [2.24, 2.45) is 0 Å². The standard InChI is InChI=1S/C15H24N2O3S/c1-5-15(6-2,13(18)19)16-14(20)17(11(3)4)10-12-8-7-9-21-12/h7-9,11H,5-6,10H2,1-4H3,(H,16,20)(H,18,19). The van der Waals surface area contributed by atoms with Crippen LogP contribution in [0.2, 0.25) is 0 Å². The van der Waals surface area contributed by atoms with Gasteiger partial charge in [-0.2, -0.15) is 0 Å². The summed E-state index contributed by atoms with van der Waals surface area (Å²) >= 11 is 1.58. The third-order valence-electron chi connectivity index (χ3n) is 3.75. The van der Waals surface area contributed by atoms with Crippen LogP contribution >= 0.6 is 11.3 Å². The number of hydrogen-bond acceptors (Lipinski definition) is 3. The number of rotatable bonds is 7. The quantitative estimate of drug-likeness (QED) is 0.811. The fraction of sp³-hybridized carbons (Fsp3) is 0.600. The van der Waals surface area contributed by atoms with Crippen molar-refractivity contribution < 1.29 is 14.7 Å². The van der Waals surface area contributed by atoms with Crippen LogP contribution in [0.25, 0.3) is 0 Å². The highest BCUT2D eigenvalue weighted by atomic mass is 32.1. The molecule has 0 saturated heterocycles.